The van der Waals surface area contributed by atoms with Crippen molar-refractivity contribution >= 4 is 38.0 Å². The molecule has 0 aliphatic rings. The van der Waals surface area contributed by atoms with E-state index < -0.39 is 15.8 Å². The summed E-state index contributed by atoms with van der Waals surface area (Å²) in [7, 11) is -1.90. The van der Waals surface area contributed by atoms with Crippen molar-refractivity contribution in [3.05, 3.63) is 35.3 Å². The van der Waals surface area contributed by atoms with Gasteiger partial charge in [0.1, 0.15) is 4.88 Å². The molecule has 1 aromatic carbocycles. The third kappa shape index (κ3) is 3.34. The minimum absolute atomic E-state index is 0.248. The number of rotatable bonds is 4. The van der Waals surface area contributed by atoms with Gasteiger partial charge in [0, 0.05) is 11.9 Å². The molecule has 0 atom stereocenters. The molecule has 1 N–H and O–H groups in total. The molecular weight excluding hydrogens is 300 g/mol. The molecule has 20 heavy (non-hydrogen) atoms. The van der Waals surface area contributed by atoms with E-state index in [1.807, 2.05) is 0 Å². The lowest BCUT2D eigenvalue weighted by Gasteiger charge is -2.03. The number of sulfone groups is 1. The van der Waals surface area contributed by atoms with E-state index in [1.165, 1.54) is 25.4 Å². The van der Waals surface area contributed by atoms with Gasteiger partial charge in [-0.15, -0.1) is 0 Å². The molecule has 1 heterocycles. The number of hydrogen-bond acceptors (Lipinski definition) is 7. The van der Waals surface area contributed by atoms with Crippen LogP contribution >= 0.6 is 11.3 Å². The number of nitrogens with one attached hydrogen (secondary N) is 1. The zero-order valence-electron chi connectivity index (χ0n) is 10.8. The number of aromatic nitrogens is 1. The monoisotopic (exact) mass is 312 g/mol. The van der Waals surface area contributed by atoms with Crippen LogP contribution in [0.3, 0.4) is 0 Å². The second-order valence-corrected chi connectivity index (χ2v) is 6.99. The summed E-state index contributed by atoms with van der Waals surface area (Å²) in [5.41, 5.74) is 0.683. The van der Waals surface area contributed by atoms with E-state index >= 15 is 0 Å². The number of benzene rings is 1. The molecule has 0 bridgehead atoms. The first-order chi connectivity index (χ1) is 9.40. The summed E-state index contributed by atoms with van der Waals surface area (Å²) in [5.74, 6) is -0.442. The van der Waals surface area contributed by atoms with Crippen molar-refractivity contribution in [2.24, 2.45) is 0 Å². The van der Waals surface area contributed by atoms with Crippen LogP contribution in [0.1, 0.15) is 9.67 Å². The number of anilines is 2. The molecular formula is C12H12N2O4S2. The van der Waals surface area contributed by atoms with E-state index in [2.05, 4.69) is 15.0 Å². The number of esters is 1. The van der Waals surface area contributed by atoms with Crippen LogP contribution in [0.5, 0.6) is 0 Å². The summed E-state index contributed by atoms with van der Waals surface area (Å²) in [6.07, 6.45) is 2.57. The van der Waals surface area contributed by atoms with E-state index in [-0.39, 0.29) is 4.90 Å². The van der Waals surface area contributed by atoms with Crippen LogP contribution in [-0.2, 0) is 14.6 Å². The Kier molecular flexibility index (Phi) is 4.05. The van der Waals surface area contributed by atoms with Gasteiger partial charge in [0.25, 0.3) is 0 Å². The highest BCUT2D eigenvalue weighted by Crippen LogP contribution is 2.23. The molecule has 0 radical (unpaired) electrons. The third-order valence-electron chi connectivity index (χ3n) is 2.43. The third-order valence-corrected chi connectivity index (χ3v) is 4.45. The fourth-order valence-corrected chi connectivity index (χ4v) is 2.82. The fraction of sp³-hybridized carbons (Fsp3) is 0.167. The standard InChI is InChI=1S/C12H12N2O4S2/c1-18-11(15)10-7-13-12(19-10)14-8-3-5-9(6-4-8)20(2,16)17/h3-7H,1-2H3,(H,13,14). The van der Waals surface area contributed by atoms with E-state index in [1.54, 1.807) is 12.1 Å². The molecule has 2 rings (SSSR count). The number of carbonyl (C=O) groups is 1. The minimum atomic E-state index is -3.20. The molecule has 6 nitrogen and oxygen atoms in total. The first-order valence-electron chi connectivity index (χ1n) is 5.51. The Hall–Kier alpha value is -1.93. The average molecular weight is 312 g/mol. The second-order valence-electron chi connectivity index (χ2n) is 3.94. The van der Waals surface area contributed by atoms with Crippen molar-refractivity contribution in [2.75, 3.05) is 18.7 Å². The Bertz CT molecular complexity index is 720. The average Bonchev–Trinajstić information content (AvgIpc) is 2.86. The van der Waals surface area contributed by atoms with Gasteiger partial charge in [-0.05, 0) is 24.3 Å². The zero-order valence-corrected chi connectivity index (χ0v) is 12.4. The molecule has 0 unspecified atom stereocenters. The Morgan fingerprint density at radius 2 is 1.95 bits per heavy atom. The van der Waals surface area contributed by atoms with Crippen molar-refractivity contribution in [1.82, 2.24) is 4.98 Å². The minimum Gasteiger partial charge on any atom is -0.465 e. The highest BCUT2D eigenvalue weighted by Gasteiger charge is 2.11. The van der Waals surface area contributed by atoms with Gasteiger partial charge in [-0.3, -0.25) is 0 Å². The first-order valence-corrected chi connectivity index (χ1v) is 8.22. The zero-order chi connectivity index (χ0) is 14.8. The molecule has 0 aliphatic carbocycles. The lowest BCUT2D eigenvalue weighted by Crippen LogP contribution is -1.97. The molecule has 1 aromatic heterocycles. The number of thiazole rings is 1. The maximum absolute atomic E-state index is 11.3. The number of methoxy groups -OCH3 is 1. The van der Waals surface area contributed by atoms with Crippen LogP contribution in [0.4, 0.5) is 10.8 Å². The summed E-state index contributed by atoms with van der Waals surface area (Å²) in [4.78, 5) is 16.0. The smallest absolute Gasteiger partial charge is 0.349 e. The van der Waals surface area contributed by atoms with E-state index in [0.29, 0.717) is 15.7 Å². The number of carbonyl (C=O) groups excluding carboxylic acids is 1. The van der Waals surface area contributed by atoms with Crippen LogP contribution in [0, 0.1) is 0 Å². The Morgan fingerprint density at radius 1 is 1.30 bits per heavy atom. The summed E-state index contributed by atoms with van der Waals surface area (Å²) < 4.78 is 27.3. The van der Waals surface area contributed by atoms with Gasteiger partial charge in [0.15, 0.2) is 15.0 Å². The largest absolute Gasteiger partial charge is 0.465 e. The molecule has 0 saturated carbocycles. The van der Waals surface area contributed by atoms with E-state index in [4.69, 9.17) is 0 Å². The quantitative estimate of drug-likeness (QED) is 0.870. The summed E-state index contributed by atoms with van der Waals surface area (Å²) in [6, 6.07) is 6.28. The van der Waals surface area contributed by atoms with Crippen LogP contribution in [0.15, 0.2) is 35.4 Å². The van der Waals surface area contributed by atoms with Crippen LogP contribution in [0.25, 0.3) is 0 Å². The molecule has 0 saturated heterocycles. The second kappa shape index (κ2) is 5.59. The topological polar surface area (TPSA) is 85.4 Å². The van der Waals surface area contributed by atoms with Gasteiger partial charge in [-0.25, -0.2) is 18.2 Å². The molecule has 0 aliphatic heterocycles. The van der Waals surface area contributed by atoms with Crippen LogP contribution < -0.4 is 5.32 Å². The van der Waals surface area contributed by atoms with Crippen molar-refractivity contribution in [3.63, 3.8) is 0 Å². The maximum atomic E-state index is 11.3. The van der Waals surface area contributed by atoms with Crippen molar-refractivity contribution < 1.29 is 17.9 Å². The van der Waals surface area contributed by atoms with Gasteiger partial charge < -0.3 is 10.1 Å². The summed E-state index contributed by atoms with van der Waals surface area (Å²) in [6.45, 7) is 0. The molecule has 2 aromatic rings. The molecule has 0 spiro atoms. The SMILES string of the molecule is COC(=O)c1cnc(Nc2ccc(S(C)(=O)=O)cc2)s1. The van der Waals surface area contributed by atoms with Gasteiger partial charge in [-0.2, -0.15) is 0 Å². The lowest BCUT2D eigenvalue weighted by atomic mass is 10.3. The fourth-order valence-electron chi connectivity index (χ4n) is 1.44. The Morgan fingerprint density at radius 3 is 2.50 bits per heavy atom. The number of ether oxygens (including phenoxy) is 1. The van der Waals surface area contributed by atoms with Crippen LogP contribution in [-0.4, -0.2) is 32.7 Å². The van der Waals surface area contributed by atoms with Crippen molar-refractivity contribution in [1.29, 1.82) is 0 Å². The van der Waals surface area contributed by atoms with Gasteiger partial charge >= 0.3 is 5.97 Å². The number of hydrogen-bond donors (Lipinski definition) is 1. The van der Waals surface area contributed by atoms with Gasteiger partial charge in [-0.1, -0.05) is 11.3 Å². The lowest BCUT2D eigenvalue weighted by molar-refractivity contribution is 0.0606. The van der Waals surface area contributed by atoms with Gasteiger partial charge in [0.2, 0.25) is 0 Å². The summed E-state index contributed by atoms with van der Waals surface area (Å²) in [5, 5.41) is 3.51. The number of nitrogens with zero attached hydrogens (tertiary/aromatic N) is 1. The maximum Gasteiger partial charge on any atom is 0.349 e. The molecule has 0 fully saturated rings. The van der Waals surface area contributed by atoms with Crippen molar-refractivity contribution in [2.45, 2.75) is 4.90 Å². The van der Waals surface area contributed by atoms with Gasteiger partial charge in [0.05, 0.1) is 18.2 Å². The normalized spacial score (nSPS) is 11.1. The van der Waals surface area contributed by atoms with Crippen LogP contribution in [0.2, 0.25) is 0 Å². The summed E-state index contributed by atoms with van der Waals surface area (Å²) >= 11 is 1.16. The molecule has 0 amide bonds. The molecule has 8 heteroatoms. The Balaban J connectivity index is 2.14. The van der Waals surface area contributed by atoms with E-state index in [9.17, 15) is 13.2 Å². The predicted octanol–water partition coefficient (Wildman–Crippen LogP) is 2.08. The van der Waals surface area contributed by atoms with Crippen molar-refractivity contribution in [3.8, 4) is 0 Å². The van der Waals surface area contributed by atoms with E-state index in [0.717, 1.165) is 17.6 Å². The first kappa shape index (κ1) is 14.5. The Labute approximate surface area is 120 Å². The predicted molar refractivity (Wildman–Crippen MR) is 76.3 cm³/mol. The highest BCUT2D eigenvalue weighted by molar-refractivity contribution is 7.90. The highest BCUT2D eigenvalue weighted by atomic mass is 32.2. The molecule has 106 valence electrons.